The van der Waals surface area contributed by atoms with Crippen LogP contribution in [-0.4, -0.2) is 46.5 Å². The van der Waals surface area contributed by atoms with Crippen LogP contribution in [0.15, 0.2) is 36.7 Å². The van der Waals surface area contributed by atoms with Gasteiger partial charge in [-0.15, -0.1) is 0 Å². The van der Waals surface area contributed by atoms with E-state index in [2.05, 4.69) is 32.8 Å². The maximum atomic E-state index is 12.0. The highest BCUT2D eigenvalue weighted by molar-refractivity contribution is 5.73. The second-order valence-corrected chi connectivity index (χ2v) is 6.77. The fourth-order valence-corrected chi connectivity index (χ4v) is 2.50. The first-order valence-corrected chi connectivity index (χ1v) is 8.22. The number of amides is 2. The highest BCUT2D eigenvalue weighted by Gasteiger charge is 2.25. The second kappa shape index (κ2) is 8.13. The molecule has 0 aliphatic heterocycles. The Balaban J connectivity index is 1.82. The molecule has 1 atom stereocenters. The number of aromatic nitrogens is 2. The molecule has 0 bridgehead atoms. The van der Waals surface area contributed by atoms with Gasteiger partial charge in [-0.05, 0) is 32.1 Å². The number of aliphatic hydroxyl groups is 1. The summed E-state index contributed by atoms with van der Waals surface area (Å²) in [4.78, 5) is 14.1. The monoisotopic (exact) mass is 345 g/mol. The molecular formula is C18H27N5O2. The van der Waals surface area contributed by atoms with Gasteiger partial charge in [0.05, 0.1) is 12.7 Å². The zero-order valence-corrected chi connectivity index (χ0v) is 15.3. The largest absolute Gasteiger partial charge is 0.383 e. The standard InChI is InChI=1S/C18H27N5O2/c1-18(25,16-10-21-23(4)12-16)13-20-17(24)19-9-14-6-5-7-15(8-14)11-22(2)3/h5-8,10,12,25H,9,11,13H2,1-4H3,(H2,19,20,24). The maximum absolute atomic E-state index is 12.0. The molecule has 1 unspecified atom stereocenters. The molecule has 1 heterocycles. The van der Waals surface area contributed by atoms with E-state index in [1.807, 2.05) is 26.2 Å². The van der Waals surface area contributed by atoms with E-state index in [0.29, 0.717) is 12.1 Å². The lowest BCUT2D eigenvalue weighted by Gasteiger charge is -2.22. The molecule has 2 amide bonds. The summed E-state index contributed by atoms with van der Waals surface area (Å²) >= 11 is 0. The zero-order chi connectivity index (χ0) is 18.4. The Hall–Kier alpha value is -2.38. The van der Waals surface area contributed by atoms with E-state index >= 15 is 0 Å². The van der Waals surface area contributed by atoms with Crippen LogP contribution in [-0.2, 0) is 25.7 Å². The van der Waals surface area contributed by atoms with Crippen LogP contribution in [0.5, 0.6) is 0 Å². The van der Waals surface area contributed by atoms with E-state index in [4.69, 9.17) is 0 Å². The van der Waals surface area contributed by atoms with E-state index in [-0.39, 0.29) is 12.6 Å². The van der Waals surface area contributed by atoms with Gasteiger partial charge in [0, 0.05) is 31.9 Å². The molecule has 0 aliphatic rings. The summed E-state index contributed by atoms with van der Waals surface area (Å²) in [5.41, 5.74) is 1.72. The summed E-state index contributed by atoms with van der Waals surface area (Å²) in [6.45, 7) is 3.04. The molecule has 0 fully saturated rings. The van der Waals surface area contributed by atoms with Crippen molar-refractivity contribution in [3.63, 3.8) is 0 Å². The molecule has 0 radical (unpaired) electrons. The number of hydrogen-bond donors (Lipinski definition) is 3. The summed E-state index contributed by atoms with van der Waals surface area (Å²) in [7, 11) is 5.82. The third-order valence-electron chi connectivity index (χ3n) is 3.86. The predicted octanol–water partition coefficient (Wildman–Crippen LogP) is 1.19. The molecule has 136 valence electrons. The lowest BCUT2D eigenvalue weighted by atomic mass is 10.00. The van der Waals surface area contributed by atoms with Gasteiger partial charge in [0.25, 0.3) is 0 Å². The van der Waals surface area contributed by atoms with E-state index < -0.39 is 5.60 Å². The first-order chi connectivity index (χ1) is 11.8. The fourth-order valence-electron chi connectivity index (χ4n) is 2.50. The van der Waals surface area contributed by atoms with Gasteiger partial charge in [0.1, 0.15) is 5.60 Å². The van der Waals surface area contributed by atoms with Gasteiger partial charge in [0.15, 0.2) is 0 Å². The van der Waals surface area contributed by atoms with Crippen LogP contribution in [0.4, 0.5) is 4.79 Å². The number of carbonyl (C=O) groups is 1. The molecule has 0 aliphatic carbocycles. The number of nitrogens with one attached hydrogen (secondary N) is 2. The van der Waals surface area contributed by atoms with Gasteiger partial charge in [0.2, 0.25) is 0 Å². The number of carbonyl (C=O) groups excluding carboxylic acids is 1. The fraction of sp³-hybridized carbons (Fsp3) is 0.444. The quantitative estimate of drug-likeness (QED) is 0.704. The lowest BCUT2D eigenvalue weighted by molar-refractivity contribution is 0.0593. The third-order valence-corrected chi connectivity index (χ3v) is 3.86. The Bertz CT molecular complexity index is 709. The number of urea groups is 1. The second-order valence-electron chi connectivity index (χ2n) is 6.77. The van der Waals surface area contributed by atoms with Crippen molar-refractivity contribution in [1.82, 2.24) is 25.3 Å². The molecule has 0 saturated heterocycles. The van der Waals surface area contributed by atoms with Crippen molar-refractivity contribution in [2.24, 2.45) is 7.05 Å². The van der Waals surface area contributed by atoms with Crippen LogP contribution in [0, 0.1) is 0 Å². The molecule has 2 aromatic rings. The van der Waals surface area contributed by atoms with Crippen LogP contribution in [0.3, 0.4) is 0 Å². The van der Waals surface area contributed by atoms with Gasteiger partial charge in [-0.2, -0.15) is 5.10 Å². The van der Waals surface area contributed by atoms with Gasteiger partial charge >= 0.3 is 6.03 Å². The minimum Gasteiger partial charge on any atom is -0.383 e. The number of hydrogen-bond acceptors (Lipinski definition) is 4. The Labute approximate surface area is 148 Å². The van der Waals surface area contributed by atoms with Gasteiger partial charge in [-0.1, -0.05) is 24.3 Å². The van der Waals surface area contributed by atoms with Crippen LogP contribution in [0.2, 0.25) is 0 Å². The smallest absolute Gasteiger partial charge is 0.315 e. The van der Waals surface area contributed by atoms with E-state index in [1.54, 1.807) is 31.0 Å². The lowest BCUT2D eigenvalue weighted by Crippen LogP contribution is -2.43. The average molecular weight is 345 g/mol. The Morgan fingerprint density at radius 3 is 2.68 bits per heavy atom. The number of aryl methyl sites for hydroxylation is 1. The molecule has 0 saturated carbocycles. The minimum atomic E-state index is -1.17. The summed E-state index contributed by atoms with van der Waals surface area (Å²) in [5.74, 6) is 0. The molecule has 0 spiro atoms. The van der Waals surface area contributed by atoms with Crippen molar-refractivity contribution >= 4 is 6.03 Å². The average Bonchev–Trinajstić information content (AvgIpc) is 2.98. The van der Waals surface area contributed by atoms with Crippen molar-refractivity contribution in [2.45, 2.75) is 25.6 Å². The van der Waals surface area contributed by atoms with E-state index in [0.717, 1.165) is 12.1 Å². The third kappa shape index (κ3) is 5.88. The highest BCUT2D eigenvalue weighted by Crippen LogP contribution is 2.18. The van der Waals surface area contributed by atoms with Crippen LogP contribution in [0.1, 0.15) is 23.6 Å². The Morgan fingerprint density at radius 2 is 2.04 bits per heavy atom. The molecule has 7 nitrogen and oxygen atoms in total. The summed E-state index contributed by atoms with van der Waals surface area (Å²) in [5, 5.41) is 20.0. The summed E-state index contributed by atoms with van der Waals surface area (Å²) in [6, 6.07) is 7.79. The number of benzene rings is 1. The van der Waals surface area contributed by atoms with E-state index in [1.165, 1.54) is 5.56 Å². The molecule has 2 rings (SSSR count). The Morgan fingerprint density at radius 1 is 1.32 bits per heavy atom. The van der Waals surface area contributed by atoms with Crippen molar-refractivity contribution in [2.75, 3.05) is 20.6 Å². The Kier molecular flexibility index (Phi) is 6.17. The van der Waals surface area contributed by atoms with Crippen molar-refractivity contribution < 1.29 is 9.90 Å². The van der Waals surface area contributed by atoms with Crippen LogP contribution >= 0.6 is 0 Å². The predicted molar refractivity (Wildman–Crippen MR) is 96.9 cm³/mol. The molecule has 25 heavy (non-hydrogen) atoms. The molecular weight excluding hydrogens is 318 g/mol. The first kappa shape index (κ1) is 19.0. The maximum Gasteiger partial charge on any atom is 0.315 e. The SMILES string of the molecule is CN(C)Cc1cccc(CNC(=O)NCC(C)(O)c2cnn(C)c2)c1. The van der Waals surface area contributed by atoms with Gasteiger partial charge < -0.3 is 20.6 Å². The zero-order valence-electron chi connectivity index (χ0n) is 15.3. The van der Waals surface area contributed by atoms with Crippen molar-refractivity contribution in [1.29, 1.82) is 0 Å². The highest BCUT2D eigenvalue weighted by atomic mass is 16.3. The van der Waals surface area contributed by atoms with Gasteiger partial charge in [-0.3, -0.25) is 4.68 Å². The molecule has 3 N–H and O–H groups in total. The molecule has 1 aromatic carbocycles. The van der Waals surface area contributed by atoms with Crippen LogP contribution in [0.25, 0.3) is 0 Å². The molecule has 1 aromatic heterocycles. The number of nitrogens with zero attached hydrogens (tertiary/aromatic N) is 3. The van der Waals surface area contributed by atoms with Gasteiger partial charge in [-0.25, -0.2) is 4.79 Å². The van der Waals surface area contributed by atoms with Crippen molar-refractivity contribution in [3.8, 4) is 0 Å². The van der Waals surface area contributed by atoms with E-state index in [9.17, 15) is 9.90 Å². The normalized spacial score (nSPS) is 13.5. The molecule has 7 heteroatoms. The topological polar surface area (TPSA) is 82.4 Å². The summed E-state index contributed by atoms with van der Waals surface area (Å²) in [6.07, 6.45) is 3.33. The van der Waals surface area contributed by atoms with Crippen LogP contribution < -0.4 is 10.6 Å². The summed E-state index contributed by atoms with van der Waals surface area (Å²) < 4.78 is 1.62. The first-order valence-electron chi connectivity index (χ1n) is 8.22. The van der Waals surface area contributed by atoms with Crippen molar-refractivity contribution in [3.05, 3.63) is 53.3 Å². The minimum absolute atomic E-state index is 0.102. The number of rotatable bonds is 7.